The molecule has 2 aromatic rings. The number of rotatable bonds is 4. The topological polar surface area (TPSA) is 47.3 Å². The van der Waals surface area contributed by atoms with E-state index >= 15 is 0 Å². The van der Waals surface area contributed by atoms with Gasteiger partial charge in [0.2, 0.25) is 0 Å². The summed E-state index contributed by atoms with van der Waals surface area (Å²) in [5.41, 5.74) is 0.949. The Kier molecular flexibility index (Phi) is 9.70. The van der Waals surface area contributed by atoms with Crippen molar-refractivity contribution in [2.45, 2.75) is 13.0 Å². The fourth-order valence-corrected chi connectivity index (χ4v) is 3.03. The van der Waals surface area contributed by atoms with Gasteiger partial charge in [-0.1, -0.05) is 8.41 Å². The Morgan fingerprint density at radius 2 is 2.20 bits per heavy atom. The van der Waals surface area contributed by atoms with Crippen LogP contribution in [0.5, 0.6) is 5.75 Å². The van der Waals surface area contributed by atoms with Crippen LogP contribution < -0.4 is 34.3 Å². The molecule has 1 N–H and O–H groups in total. The summed E-state index contributed by atoms with van der Waals surface area (Å²) in [6, 6.07) is 5.74. The summed E-state index contributed by atoms with van der Waals surface area (Å²) in [6.07, 6.45) is 3.11. The SMILES string of the molecule is CC(O)COc1cc(-n2cccn2)c(I)cc1Br.[BH4-].[Na+]. The number of hydrogen-bond acceptors (Lipinski definition) is 3. The number of nitrogens with zero attached hydrogens (tertiary/aromatic N) is 2. The van der Waals surface area contributed by atoms with Crippen LogP contribution in [0.1, 0.15) is 6.92 Å². The molecule has 1 atom stereocenters. The number of benzene rings is 1. The molecule has 104 valence electrons. The Morgan fingerprint density at radius 3 is 2.75 bits per heavy atom. The van der Waals surface area contributed by atoms with Gasteiger partial charge in [0.1, 0.15) is 12.4 Å². The molecule has 0 saturated heterocycles. The van der Waals surface area contributed by atoms with Crippen molar-refractivity contribution in [1.29, 1.82) is 0 Å². The first-order chi connectivity index (χ1) is 8.58. The molecule has 1 heterocycles. The Hall–Kier alpha value is 0.465. The minimum Gasteiger partial charge on any atom is -0.490 e. The number of ether oxygens (including phenoxy) is 1. The molecule has 20 heavy (non-hydrogen) atoms. The van der Waals surface area contributed by atoms with Crippen LogP contribution in [-0.2, 0) is 0 Å². The number of aliphatic hydroxyl groups is 1. The van der Waals surface area contributed by atoms with Crippen LogP contribution >= 0.6 is 38.5 Å². The van der Waals surface area contributed by atoms with Crippen LogP contribution in [0.2, 0.25) is 0 Å². The molecule has 0 radical (unpaired) electrons. The molecule has 0 spiro atoms. The summed E-state index contributed by atoms with van der Waals surface area (Å²) < 4.78 is 9.26. The average molecular weight is 461 g/mol. The maximum Gasteiger partial charge on any atom is 1.00 e. The fraction of sp³-hybridized carbons (Fsp3) is 0.250. The van der Waals surface area contributed by atoms with Crippen molar-refractivity contribution in [3.63, 3.8) is 0 Å². The van der Waals surface area contributed by atoms with Crippen molar-refractivity contribution >= 4 is 46.9 Å². The van der Waals surface area contributed by atoms with Gasteiger partial charge in [-0.2, -0.15) is 5.10 Å². The predicted octanol–water partition coefficient (Wildman–Crippen LogP) is -1.45. The Labute approximate surface area is 164 Å². The van der Waals surface area contributed by atoms with Gasteiger partial charge in [-0.3, -0.25) is 0 Å². The third-order valence-corrected chi connectivity index (χ3v) is 3.72. The van der Waals surface area contributed by atoms with Gasteiger partial charge in [0.05, 0.1) is 16.3 Å². The summed E-state index contributed by atoms with van der Waals surface area (Å²) in [5, 5.41) is 13.5. The van der Waals surface area contributed by atoms with Crippen molar-refractivity contribution < 1.29 is 39.4 Å². The summed E-state index contributed by atoms with van der Waals surface area (Å²) in [5.74, 6) is 0.696. The van der Waals surface area contributed by atoms with E-state index in [9.17, 15) is 5.11 Å². The van der Waals surface area contributed by atoms with E-state index in [1.54, 1.807) is 17.8 Å². The van der Waals surface area contributed by atoms with Crippen molar-refractivity contribution in [2.24, 2.45) is 0 Å². The molecule has 0 aliphatic carbocycles. The summed E-state index contributed by atoms with van der Waals surface area (Å²) in [7, 11) is 0. The Balaban J connectivity index is 0.00000180. The van der Waals surface area contributed by atoms with Crippen LogP contribution in [-0.4, -0.2) is 36.0 Å². The van der Waals surface area contributed by atoms with Gasteiger partial charge < -0.3 is 9.84 Å². The van der Waals surface area contributed by atoms with E-state index in [-0.39, 0.29) is 44.6 Å². The van der Waals surface area contributed by atoms with E-state index in [0.717, 1.165) is 13.7 Å². The normalized spacial score (nSPS) is 11.2. The first kappa shape index (κ1) is 20.5. The largest absolute Gasteiger partial charge is 1.00 e. The molecule has 8 heteroatoms. The van der Waals surface area contributed by atoms with Crippen LogP contribution in [0.15, 0.2) is 35.1 Å². The van der Waals surface area contributed by atoms with E-state index in [4.69, 9.17) is 4.74 Å². The predicted molar refractivity (Wildman–Crippen MR) is 92.5 cm³/mol. The Morgan fingerprint density at radius 1 is 1.50 bits per heavy atom. The molecule has 0 aliphatic heterocycles. The molecule has 0 amide bonds. The third kappa shape index (κ3) is 5.34. The second-order valence-corrected chi connectivity index (χ2v) is 5.86. The van der Waals surface area contributed by atoms with Crippen LogP contribution in [0, 0.1) is 3.57 Å². The average Bonchev–Trinajstić information content (AvgIpc) is 2.81. The zero-order valence-corrected chi connectivity index (χ0v) is 16.4. The minimum atomic E-state index is -0.496. The molecular weight excluding hydrogens is 445 g/mol. The van der Waals surface area contributed by atoms with Gasteiger partial charge in [0.15, 0.2) is 0 Å². The summed E-state index contributed by atoms with van der Waals surface area (Å²) in [4.78, 5) is 0. The summed E-state index contributed by atoms with van der Waals surface area (Å²) in [6.45, 7) is 1.95. The second kappa shape index (κ2) is 9.48. The molecular formula is C12H16BBrIN2NaO2. The molecule has 1 unspecified atom stereocenters. The van der Waals surface area contributed by atoms with Gasteiger partial charge in [-0.25, -0.2) is 4.68 Å². The summed E-state index contributed by atoms with van der Waals surface area (Å²) >= 11 is 5.70. The number of aliphatic hydroxyl groups excluding tert-OH is 1. The first-order valence-corrected chi connectivity index (χ1v) is 7.25. The molecule has 1 aromatic heterocycles. The van der Waals surface area contributed by atoms with E-state index in [1.165, 1.54) is 0 Å². The first-order valence-electron chi connectivity index (χ1n) is 5.38. The number of aromatic nitrogens is 2. The zero-order chi connectivity index (χ0) is 13.1. The molecule has 0 saturated carbocycles. The van der Waals surface area contributed by atoms with E-state index in [2.05, 4.69) is 43.6 Å². The number of halogens is 2. The monoisotopic (exact) mass is 460 g/mol. The van der Waals surface area contributed by atoms with Crippen molar-refractivity contribution in [3.8, 4) is 11.4 Å². The smallest absolute Gasteiger partial charge is 0.490 e. The van der Waals surface area contributed by atoms with Crippen molar-refractivity contribution in [2.75, 3.05) is 6.61 Å². The molecule has 2 rings (SSSR count). The molecule has 1 aromatic carbocycles. The second-order valence-electron chi connectivity index (χ2n) is 3.84. The fourth-order valence-electron chi connectivity index (χ4n) is 1.43. The maximum absolute atomic E-state index is 9.25. The van der Waals surface area contributed by atoms with Gasteiger partial charge >= 0.3 is 29.6 Å². The maximum atomic E-state index is 9.25. The Bertz CT molecular complexity index is 541. The molecule has 0 fully saturated rings. The van der Waals surface area contributed by atoms with Gasteiger partial charge in [0, 0.05) is 22.0 Å². The van der Waals surface area contributed by atoms with E-state index in [0.29, 0.717) is 5.75 Å². The van der Waals surface area contributed by atoms with E-state index in [1.807, 2.05) is 24.4 Å². The van der Waals surface area contributed by atoms with Crippen molar-refractivity contribution in [1.82, 2.24) is 9.78 Å². The van der Waals surface area contributed by atoms with Gasteiger partial charge in [0.25, 0.3) is 0 Å². The quantitative estimate of drug-likeness (QED) is 0.449. The van der Waals surface area contributed by atoms with E-state index < -0.39 is 6.10 Å². The minimum absolute atomic E-state index is 0. The zero-order valence-electron chi connectivity index (χ0n) is 10.7. The molecule has 0 bridgehead atoms. The van der Waals surface area contributed by atoms with Crippen molar-refractivity contribution in [3.05, 3.63) is 38.6 Å². The standard InChI is InChI=1S/C12H12BrIN2O2.BH4.Na/c1-8(17)7-18-12-6-11(10(14)5-9(12)13)16-4-2-3-15-16;;/h2-6,8,17H,7H2,1H3;1H4;/q;-1;+1. The van der Waals surface area contributed by atoms with Gasteiger partial charge in [-0.05, 0) is 57.6 Å². The van der Waals surface area contributed by atoms with Crippen LogP contribution in [0.4, 0.5) is 0 Å². The third-order valence-electron chi connectivity index (χ3n) is 2.23. The number of hydrogen-bond donors (Lipinski definition) is 1. The molecule has 4 nitrogen and oxygen atoms in total. The van der Waals surface area contributed by atoms with Gasteiger partial charge in [-0.15, -0.1) is 0 Å². The molecule has 0 aliphatic rings. The van der Waals surface area contributed by atoms with Crippen LogP contribution in [0.25, 0.3) is 5.69 Å². The van der Waals surface area contributed by atoms with Crippen LogP contribution in [0.3, 0.4) is 0 Å².